The van der Waals surface area contributed by atoms with Crippen LogP contribution in [0.15, 0.2) is 18.2 Å². The van der Waals surface area contributed by atoms with Crippen LogP contribution in [0.5, 0.6) is 0 Å². The van der Waals surface area contributed by atoms with E-state index in [1.807, 2.05) is 17.0 Å². The number of amides is 1. The van der Waals surface area contributed by atoms with Gasteiger partial charge in [0.05, 0.1) is 0 Å². The molecule has 112 valence electrons. The number of anilines is 1. The van der Waals surface area contributed by atoms with Crippen molar-refractivity contribution < 1.29 is 14.1 Å². The standard InChI is InChI=1S/C15H21BN2O3/c1-12(19)18-8-2-3-13-11-14(4-5-15(13)18)16-20-9-6-17-7-10-21-16/h4-5,11,17H,2-3,6-10H2,1H3. The maximum atomic E-state index is 11.7. The molecule has 6 heteroatoms. The molecular formula is C15H21BN2O3. The van der Waals surface area contributed by atoms with E-state index in [0.717, 1.165) is 43.6 Å². The topological polar surface area (TPSA) is 50.8 Å². The van der Waals surface area contributed by atoms with E-state index >= 15 is 0 Å². The summed E-state index contributed by atoms with van der Waals surface area (Å²) in [5.41, 5.74) is 3.28. The van der Waals surface area contributed by atoms with Gasteiger partial charge in [-0.1, -0.05) is 12.1 Å². The zero-order valence-electron chi connectivity index (χ0n) is 12.4. The van der Waals surface area contributed by atoms with E-state index in [1.165, 1.54) is 5.56 Å². The number of nitrogens with one attached hydrogen (secondary N) is 1. The van der Waals surface area contributed by atoms with Crippen molar-refractivity contribution in [3.05, 3.63) is 23.8 Å². The Hall–Kier alpha value is -1.37. The zero-order valence-corrected chi connectivity index (χ0v) is 12.4. The number of carbonyl (C=O) groups excluding carboxylic acids is 1. The summed E-state index contributed by atoms with van der Waals surface area (Å²) < 4.78 is 11.5. The summed E-state index contributed by atoms with van der Waals surface area (Å²) in [5, 5.41) is 3.23. The van der Waals surface area contributed by atoms with Gasteiger partial charge < -0.3 is 19.5 Å². The normalized spacial score (nSPS) is 19.7. The quantitative estimate of drug-likeness (QED) is 0.756. The van der Waals surface area contributed by atoms with Crippen LogP contribution in [-0.2, 0) is 20.5 Å². The van der Waals surface area contributed by atoms with Crippen LogP contribution in [0.1, 0.15) is 18.9 Å². The average Bonchev–Trinajstić information content (AvgIpc) is 2.45. The lowest BCUT2D eigenvalue weighted by Gasteiger charge is -2.29. The summed E-state index contributed by atoms with van der Waals surface area (Å²) in [4.78, 5) is 13.6. The van der Waals surface area contributed by atoms with Gasteiger partial charge in [0.25, 0.3) is 0 Å². The van der Waals surface area contributed by atoms with Crippen LogP contribution in [0, 0.1) is 0 Å². The Balaban J connectivity index is 1.83. The predicted molar refractivity (Wildman–Crippen MR) is 83.0 cm³/mol. The molecule has 1 aromatic carbocycles. The lowest BCUT2D eigenvalue weighted by molar-refractivity contribution is -0.116. The molecular weight excluding hydrogens is 267 g/mol. The van der Waals surface area contributed by atoms with Gasteiger partial charge in [-0.25, -0.2) is 0 Å². The van der Waals surface area contributed by atoms with Gasteiger partial charge in [-0.3, -0.25) is 4.79 Å². The first-order valence-electron chi connectivity index (χ1n) is 7.60. The second-order valence-electron chi connectivity index (χ2n) is 5.49. The molecule has 0 unspecified atom stereocenters. The van der Waals surface area contributed by atoms with Crippen molar-refractivity contribution in [2.24, 2.45) is 0 Å². The van der Waals surface area contributed by atoms with E-state index in [2.05, 4.69) is 11.4 Å². The van der Waals surface area contributed by atoms with Crippen LogP contribution in [-0.4, -0.2) is 45.9 Å². The van der Waals surface area contributed by atoms with Crippen LogP contribution in [0.25, 0.3) is 0 Å². The Morgan fingerprint density at radius 2 is 2.05 bits per heavy atom. The largest absolute Gasteiger partial charge is 0.493 e. The minimum atomic E-state index is -0.301. The maximum Gasteiger partial charge on any atom is 0.493 e. The molecule has 0 aromatic heterocycles. The van der Waals surface area contributed by atoms with E-state index in [9.17, 15) is 4.79 Å². The first-order chi connectivity index (χ1) is 10.3. The molecule has 1 amide bonds. The fourth-order valence-corrected chi connectivity index (χ4v) is 2.93. The van der Waals surface area contributed by atoms with Crippen molar-refractivity contribution in [1.82, 2.24) is 5.32 Å². The number of benzene rings is 1. The van der Waals surface area contributed by atoms with Crippen LogP contribution in [0.4, 0.5) is 5.69 Å². The molecule has 2 aliphatic rings. The second kappa shape index (κ2) is 6.60. The Kier molecular flexibility index (Phi) is 4.58. The van der Waals surface area contributed by atoms with Crippen molar-refractivity contribution in [1.29, 1.82) is 0 Å². The molecule has 3 rings (SSSR count). The number of carbonyl (C=O) groups is 1. The highest BCUT2D eigenvalue weighted by molar-refractivity contribution is 6.61. The minimum absolute atomic E-state index is 0.105. The summed E-state index contributed by atoms with van der Waals surface area (Å²) in [7, 11) is -0.301. The van der Waals surface area contributed by atoms with Crippen LogP contribution in [0.3, 0.4) is 0 Å². The van der Waals surface area contributed by atoms with Gasteiger partial charge in [-0.2, -0.15) is 0 Å². The summed E-state index contributed by atoms with van der Waals surface area (Å²) in [6.45, 7) is 5.41. The van der Waals surface area contributed by atoms with Crippen molar-refractivity contribution in [3.8, 4) is 0 Å². The molecule has 0 atom stereocenters. The Labute approximate surface area is 125 Å². The van der Waals surface area contributed by atoms with Crippen molar-refractivity contribution >= 4 is 24.2 Å². The van der Waals surface area contributed by atoms with E-state index in [1.54, 1.807) is 6.92 Å². The molecule has 0 saturated carbocycles. The first kappa shape index (κ1) is 14.6. The van der Waals surface area contributed by atoms with Gasteiger partial charge in [0.15, 0.2) is 0 Å². The van der Waals surface area contributed by atoms with Crippen molar-refractivity contribution in [3.63, 3.8) is 0 Å². The Morgan fingerprint density at radius 3 is 2.76 bits per heavy atom. The van der Waals surface area contributed by atoms with Crippen molar-refractivity contribution in [2.45, 2.75) is 19.8 Å². The molecule has 1 saturated heterocycles. The second-order valence-corrected chi connectivity index (χ2v) is 5.49. The van der Waals surface area contributed by atoms with Gasteiger partial charge in [0.1, 0.15) is 0 Å². The van der Waals surface area contributed by atoms with Crippen LogP contribution >= 0.6 is 0 Å². The van der Waals surface area contributed by atoms with Crippen LogP contribution in [0.2, 0.25) is 0 Å². The van der Waals surface area contributed by atoms with Crippen LogP contribution < -0.4 is 15.7 Å². The van der Waals surface area contributed by atoms with E-state index < -0.39 is 0 Å². The number of nitrogens with zero attached hydrogens (tertiary/aromatic N) is 1. The molecule has 2 aliphatic heterocycles. The molecule has 0 radical (unpaired) electrons. The van der Waals surface area contributed by atoms with Gasteiger partial charge in [-0.15, -0.1) is 0 Å². The first-order valence-corrected chi connectivity index (χ1v) is 7.60. The fourth-order valence-electron chi connectivity index (χ4n) is 2.93. The molecule has 1 N–H and O–H groups in total. The molecule has 0 aliphatic carbocycles. The molecule has 1 aromatic rings. The Morgan fingerprint density at radius 1 is 1.29 bits per heavy atom. The highest BCUT2D eigenvalue weighted by Gasteiger charge is 2.26. The van der Waals surface area contributed by atoms with Gasteiger partial charge in [0, 0.05) is 45.5 Å². The molecule has 5 nitrogen and oxygen atoms in total. The summed E-state index contributed by atoms with van der Waals surface area (Å²) in [6, 6.07) is 6.17. The number of hydrogen-bond acceptors (Lipinski definition) is 4. The maximum absolute atomic E-state index is 11.7. The monoisotopic (exact) mass is 288 g/mol. The molecule has 0 bridgehead atoms. The molecule has 0 spiro atoms. The van der Waals surface area contributed by atoms with Gasteiger partial charge in [-0.05, 0) is 29.9 Å². The van der Waals surface area contributed by atoms with Gasteiger partial charge >= 0.3 is 7.12 Å². The molecule has 21 heavy (non-hydrogen) atoms. The van der Waals surface area contributed by atoms with E-state index in [4.69, 9.17) is 9.31 Å². The summed E-state index contributed by atoms with van der Waals surface area (Å²) >= 11 is 0. The predicted octanol–water partition coefficient (Wildman–Crippen LogP) is 0.317. The number of fused-ring (bicyclic) bond motifs is 1. The number of aryl methyl sites for hydroxylation is 1. The third-order valence-electron chi connectivity index (χ3n) is 3.97. The van der Waals surface area contributed by atoms with E-state index in [-0.39, 0.29) is 13.0 Å². The highest BCUT2D eigenvalue weighted by atomic mass is 16.6. The zero-order chi connectivity index (χ0) is 14.7. The molecule has 1 fully saturated rings. The molecule has 2 heterocycles. The minimum Gasteiger partial charge on any atom is -0.406 e. The summed E-state index contributed by atoms with van der Waals surface area (Å²) in [6.07, 6.45) is 2.01. The Bertz CT molecular complexity index is 516. The lowest BCUT2D eigenvalue weighted by Crippen LogP contribution is -2.43. The van der Waals surface area contributed by atoms with Gasteiger partial charge in [0.2, 0.25) is 5.91 Å². The number of hydrogen-bond donors (Lipinski definition) is 1. The fraction of sp³-hybridized carbons (Fsp3) is 0.533. The third-order valence-corrected chi connectivity index (χ3v) is 3.97. The lowest BCUT2D eigenvalue weighted by atomic mass is 9.77. The highest BCUT2D eigenvalue weighted by Crippen LogP contribution is 2.26. The average molecular weight is 288 g/mol. The number of rotatable bonds is 1. The third kappa shape index (κ3) is 3.28. The van der Waals surface area contributed by atoms with Crippen molar-refractivity contribution in [2.75, 3.05) is 37.7 Å². The van der Waals surface area contributed by atoms with E-state index in [0.29, 0.717) is 13.2 Å². The smallest absolute Gasteiger partial charge is 0.406 e. The SMILES string of the molecule is CC(=O)N1CCCc2cc(B3OCCNCCO3)ccc21. The summed E-state index contributed by atoms with van der Waals surface area (Å²) in [5.74, 6) is 0.105.